The summed E-state index contributed by atoms with van der Waals surface area (Å²) in [6.45, 7) is 4.14. The lowest BCUT2D eigenvalue weighted by Crippen LogP contribution is -2.23. The molecule has 1 heterocycles. The Balaban J connectivity index is 1.63. The summed E-state index contributed by atoms with van der Waals surface area (Å²) in [5.41, 5.74) is 1.92. The van der Waals surface area contributed by atoms with Crippen LogP contribution in [0.3, 0.4) is 0 Å². The molecule has 0 bridgehead atoms. The largest absolute Gasteiger partial charge is 0.487 e. The van der Waals surface area contributed by atoms with E-state index in [0.29, 0.717) is 28.0 Å². The second-order valence-corrected chi connectivity index (χ2v) is 11.4. The third kappa shape index (κ3) is 5.94. The third-order valence-corrected chi connectivity index (χ3v) is 7.29. The first-order valence-corrected chi connectivity index (χ1v) is 13.7. The van der Waals surface area contributed by atoms with Crippen molar-refractivity contribution >= 4 is 83.9 Å². The molecule has 4 rings (SSSR count). The number of non-ortho nitro benzene ring substituents is 1. The summed E-state index contributed by atoms with van der Waals surface area (Å²) >= 11 is 7.78. The van der Waals surface area contributed by atoms with Crippen molar-refractivity contribution in [3.63, 3.8) is 0 Å². The van der Waals surface area contributed by atoms with Crippen molar-refractivity contribution in [3.05, 3.63) is 104 Å². The van der Waals surface area contributed by atoms with Crippen LogP contribution >= 0.6 is 61.1 Å². The van der Waals surface area contributed by atoms with Crippen LogP contribution < -0.4 is 10.3 Å². The second kappa shape index (κ2) is 11.3. The highest BCUT2D eigenvalue weighted by Crippen LogP contribution is 2.30. The van der Waals surface area contributed by atoms with Gasteiger partial charge in [-0.1, -0.05) is 41.9 Å². The fourth-order valence-electron chi connectivity index (χ4n) is 3.48. The maximum atomic E-state index is 13.2. The molecule has 0 saturated carbocycles. The summed E-state index contributed by atoms with van der Waals surface area (Å²) in [5, 5.41) is 16.0. The first-order valence-electron chi connectivity index (χ1n) is 10.8. The van der Waals surface area contributed by atoms with Crippen LogP contribution in [0.25, 0.3) is 10.9 Å². The Morgan fingerprint density at radius 2 is 1.89 bits per heavy atom. The summed E-state index contributed by atoms with van der Waals surface area (Å²) in [5.74, 6) is 1.25. The highest BCUT2D eigenvalue weighted by atomic mass is 127. The minimum absolute atomic E-state index is 0.00671. The van der Waals surface area contributed by atoms with Gasteiger partial charge in [-0.25, -0.2) is 4.98 Å². The molecule has 0 unspecified atom stereocenters. The summed E-state index contributed by atoms with van der Waals surface area (Å²) in [7, 11) is 0. The van der Waals surface area contributed by atoms with Crippen molar-refractivity contribution in [1.82, 2.24) is 9.66 Å². The number of fused-ring (bicyclic) bond motifs is 1. The summed E-state index contributed by atoms with van der Waals surface area (Å²) in [4.78, 5) is 28.5. The highest BCUT2D eigenvalue weighted by Gasteiger charge is 2.15. The average molecular weight is 773 g/mol. The van der Waals surface area contributed by atoms with Gasteiger partial charge in [-0.3, -0.25) is 14.9 Å². The fourth-order valence-corrected chi connectivity index (χ4v) is 5.97. The number of hydrogen-bond donors (Lipinski definition) is 0. The number of halogens is 3. The summed E-state index contributed by atoms with van der Waals surface area (Å²) in [6.07, 6.45) is 1.63. The standard InChI is InChI=1S/C25H19BrI2N4O4/c1-14(2)24-30-22-7-6-17(26)11-19(22)25(33)31(24)29-12-16-9-20(27)23(21(28)10-16)36-13-15-4-3-5-18(8-15)32(34)35/h3-12,14H,13H2,1-2H3. The summed E-state index contributed by atoms with van der Waals surface area (Å²) < 4.78 is 9.83. The molecule has 0 saturated heterocycles. The molecule has 0 radical (unpaired) electrons. The lowest BCUT2D eigenvalue weighted by atomic mass is 10.2. The Morgan fingerprint density at radius 1 is 1.17 bits per heavy atom. The molecule has 0 spiro atoms. The Labute approximate surface area is 242 Å². The maximum Gasteiger partial charge on any atom is 0.282 e. The quantitative estimate of drug-likeness (QED) is 0.0885. The molecule has 0 N–H and O–H groups in total. The minimum atomic E-state index is -0.426. The van der Waals surface area contributed by atoms with Gasteiger partial charge in [-0.2, -0.15) is 9.78 Å². The molecule has 0 aliphatic heterocycles. The molecule has 8 nitrogen and oxygen atoms in total. The number of hydrogen-bond acceptors (Lipinski definition) is 6. The number of benzene rings is 3. The highest BCUT2D eigenvalue weighted by molar-refractivity contribution is 14.1. The van der Waals surface area contributed by atoms with Crippen LogP contribution in [-0.2, 0) is 6.61 Å². The van der Waals surface area contributed by atoms with Gasteiger partial charge in [0.05, 0.1) is 29.2 Å². The molecular weight excluding hydrogens is 754 g/mol. The monoisotopic (exact) mass is 772 g/mol. The molecule has 184 valence electrons. The van der Waals surface area contributed by atoms with Gasteiger partial charge in [0.2, 0.25) is 0 Å². The van der Waals surface area contributed by atoms with E-state index in [4.69, 9.17) is 4.74 Å². The lowest BCUT2D eigenvalue weighted by molar-refractivity contribution is -0.384. The zero-order chi connectivity index (χ0) is 26.0. The van der Waals surface area contributed by atoms with Gasteiger partial charge >= 0.3 is 0 Å². The Kier molecular flexibility index (Phi) is 8.40. The Hall–Kier alpha value is -2.39. The Bertz CT molecular complexity index is 1550. The SMILES string of the molecule is CC(C)c1nc2ccc(Br)cc2c(=O)n1N=Cc1cc(I)c(OCc2cccc([N+](=O)[O-])c2)c(I)c1. The zero-order valence-electron chi connectivity index (χ0n) is 19.1. The van der Waals surface area contributed by atoms with Crippen molar-refractivity contribution in [3.8, 4) is 5.75 Å². The van der Waals surface area contributed by atoms with Crippen molar-refractivity contribution in [1.29, 1.82) is 0 Å². The van der Waals surface area contributed by atoms with Gasteiger partial charge in [0, 0.05) is 22.5 Å². The number of nitro benzene ring substituents is 1. The van der Waals surface area contributed by atoms with Crippen LogP contribution in [-0.4, -0.2) is 20.8 Å². The number of nitrogens with zero attached hydrogens (tertiary/aromatic N) is 4. The van der Waals surface area contributed by atoms with E-state index in [2.05, 4.69) is 71.2 Å². The molecule has 36 heavy (non-hydrogen) atoms. The van der Waals surface area contributed by atoms with E-state index in [9.17, 15) is 14.9 Å². The molecular formula is C25H19BrI2N4O4. The molecule has 0 aliphatic carbocycles. The van der Waals surface area contributed by atoms with E-state index in [0.717, 1.165) is 17.2 Å². The zero-order valence-corrected chi connectivity index (χ0v) is 25.0. The van der Waals surface area contributed by atoms with Crippen molar-refractivity contribution in [2.75, 3.05) is 0 Å². The average Bonchev–Trinajstić information content (AvgIpc) is 2.83. The fraction of sp³-hybridized carbons (Fsp3) is 0.160. The predicted molar refractivity (Wildman–Crippen MR) is 160 cm³/mol. The third-order valence-electron chi connectivity index (χ3n) is 5.20. The van der Waals surface area contributed by atoms with Gasteiger partial charge in [-0.15, -0.1) is 0 Å². The van der Waals surface area contributed by atoms with Gasteiger partial charge in [0.25, 0.3) is 11.2 Å². The lowest BCUT2D eigenvalue weighted by Gasteiger charge is -2.13. The molecule has 0 fully saturated rings. The van der Waals surface area contributed by atoms with Crippen molar-refractivity contribution in [2.45, 2.75) is 26.4 Å². The van der Waals surface area contributed by atoms with Crippen LogP contribution in [0, 0.1) is 17.3 Å². The first kappa shape index (κ1) is 26.7. The van der Waals surface area contributed by atoms with E-state index >= 15 is 0 Å². The Morgan fingerprint density at radius 3 is 2.56 bits per heavy atom. The summed E-state index contributed by atoms with van der Waals surface area (Å²) in [6, 6.07) is 15.6. The van der Waals surface area contributed by atoms with Crippen LogP contribution in [0.4, 0.5) is 5.69 Å². The van der Waals surface area contributed by atoms with Crippen LogP contribution in [0.1, 0.15) is 36.7 Å². The van der Waals surface area contributed by atoms with Crippen LogP contribution in [0.2, 0.25) is 0 Å². The molecule has 11 heteroatoms. The number of aromatic nitrogens is 2. The van der Waals surface area contributed by atoms with E-state index in [-0.39, 0.29) is 23.8 Å². The normalized spacial score (nSPS) is 11.5. The van der Waals surface area contributed by atoms with Crippen LogP contribution in [0.15, 0.2) is 69.0 Å². The molecule has 0 atom stereocenters. The maximum absolute atomic E-state index is 13.2. The van der Waals surface area contributed by atoms with Crippen molar-refractivity contribution < 1.29 is 9.66 Å². The minimum Gasteiger partial charge on any atom is -0.487 e. The topological polar surface area (TPSA) is 99.6 Å². The van der Waals surface area contributed by atoms with Crippen molar-refractivity contribution in [2.24, 2.45) is 5.10 Å². The molecule has 0 aliphatic rings. The molecule has 1 aromatic heterocycles. The van der Waals surface area contributed by atoms with Gasteiger partial charge in [0.15, 0.2) is 0 Å². The van der Waals surface area contributed by atoms with Crippen LogP contribution in [0.5, 0.6) is 5.75 Å². The van der Waals surface area contributed by atoms with Gasteiger partial charge < -0.3 is 4.74 Å². The van der Waals surface area contributed by atoms with E-state index in [1.807, 2.05) is 38.1 Å². The molecule has 0 amide bonds. The van der Waals surface area contributed by atoms with E-state index < -0.39 is 4.92 Å². The predicted octanol–water partition coefficient (Wildman–Crippen LogP) is 6.86. The first-order chi connectivity index (χ1) is 17.1. The number of rotatable bonds is 7. The molecule has 4 aromatic rings. The van der Waals surface area contributed by atoms with E-state index in [1.165, 1.54) is 16.8 Å². The van der Waals surface area contributed by atoms with Gasteiger partial charge in [0.1, 0.15) is 18.2 Å². The van der Waals surface area contributed by atoms with E-state index in [1.54, 1.807) is 24.4 Å². The van der Waals surface area contributed by atoms with Gasteiger partial charge in [-0.05, 0) is 86.6 Å². The number of nitro groups is 1. The second-order valence-electron chi connectivity index (χ2n) is 8.18. The smallest absolute Gasteiger partial charge is 0.282 e. The molecule has 3 aromatic carbocycles. The number of ether oxygens (including phenoxy) is 1.